The zero-order chi connectivity index (χ0) is 15.3. The zero-order valence-electron chi connectivity index (χ0n) is 12.8. The lowest BCUT2D eigenvalue weighted by Gasteiger charge is -2.14. The first kappa shape index (κ1) is 15.8. The lowest BCUT2D eigenvalue weighted by atomic mass is 9.93. The smallest absolute Gasteiger partial charge is 0.220 e. The molecule has 2 heterocycles. The van der Waals surface area contributed by atoms with Crippen LogP contribution in [0.25, 0.3) is 0 Å². The highest BCUT2D eigenvalue weighted by Gasteiger charge is 2.17. The molecule has 0 spiro atoms. The van der Waals surface area contributed by atoms with E-state index in [0.29, 0.717) is 19.4 Å². The Labute approximate surface area is 129 Å². The molecular weight excluding hydrogens is 284 g/mol. The van der Waals surface area contributed by atoms with Gasteiger partial charge in [-0.1, -0.05) is 20.8 Å². The topological polar surface area (TPSA) is 55.1 Å². The molecule has 0 atom stereocenters. The van der Waals surface area contributed by atoms with Crippen LogP contribution in [-0.2, 0) is 23.1 Å². The summed E-state index contributed by atoms with van der Waals surface area (Å²) in [6, 6.07) is 3.72. The van der Waals surface area contributed by atoms with Crippen molar-refractivity contribution in [3.8, 4) is 0 Å². The monoisotopic (exact) mass is 306 g/mol. The molecule has 0 saturated heterocycles. The van der Waals surface area contributed by atoms with Crippen LogP contribution in [0.15, 0.2) is 28.2 Å². The van der Waals surface area contributed by atoms with Gasteiger partial charge in [0.1, 0.15) is 5.76 Å². The van der Waals surface area contributed by atoms with Crippen molar-refractivity contribution in [1.82, 2.24) is 10.3 Å². The maximum atomic E-state index is 11.7. The number of amides is 1. The van der Waals surface area contributed by atoms with E-state index in [0.717, 1.165) is 22.9 Å². The maximum Gasteiger partial charge on any atom is 0.220 e. The van der Waals surface area contributed by atoms with Gasteiger partial charge in [-0.15, -0.1) is 11.3 Å². The average Bonchev–Trinajstić information content (AvgIpc) is 3.07. The van der Waals surface area contributed by atoms with Gasteiger partial charge in [0.25, 0.3) is 0 Å². The molecule has 1 N–H and O–H groups in total. The van der Waals surface area contributed by atoms with Crippen molar-refractivity contribution in [3.63, 3.8) is 0 Å². The second-order valence-corrected chi connectivity index (χ2v) is 7.00. The van der Waals surface area contributed by atoms with Crippen molar-refractivity contribution in [1.29, 1.82) is 0 Å². The van der Waals surface area contributed by atoms with Crippen LogP contribution in [0.1, 0.15) is 43.7 Å². The summed E-state index contributed by atoms with van der Waals surface area (Å²) in [6.45, 7) is 7.10. The van der Waals surface area contributed by atoms with Gasteiger partial charge in [-0.3, -0.25) is 4.79 Å². The van der Waals surface area contributed by atoms with Gasteiger partial charge in [0.2, 0.25) is 5.91 Å². The Morgan fingerprint density at radius 2 is 2.19 bits per heavy atom. The van der Waals surface area contributed by atoms with Crippen molar-refractivity contribution in [2.75, 3.05) is 6.54 Å². The number of carbonyl (C=O) groups is 1. The Morgan fingerprint density at radius 1 is 1.38 bits per heavy atom. The van der Waals surface area contributed by atoms with Crippen LogP contribution in [-0.4, -0.2) is 17.4 Å². The molecule has 2 aromatic heterocycles. The summed E-state index contributed by atoms with van der Waals surface area (Å²) in [5.41, 5.74) is 1.20. The van der Waals surface area contributed by atoms with E-state index in [4.69, 9.17) is 4.42 Å². The summed E-state index contributed by atoms with van der Waals surface area (Å²) in [4.78, 5) is 16.3. The van der Waals surface area contributed by atoms with Crippen LogP contribution < -0.4 is 5.32 Å². The summed E-state index contributed by atoms with van der Waals surface area (Å²) < 4.78 is 5.20. The number of aryl methyl sites for hydroxylation is 1. The molecule has 0 fully saturated rings. The number of thiazole rings is 1. The number of aromatic nitrogens is 1. The third-order valence-corrected chi connectivity index (χ3v) is 4.07. The fourth-order valence-corrected chi connectivity index (χ4v) is 2.88. The number of nitrogens with one attached hydrogen (secondary N) is 1. The summed E-state index contributed by atoms with van der Waals surface area (Å²) in [5.74, 6) is 0.902. The van der Waals surface area contributed by atoms with E-state index in [9.17, 15) is 4.79 Å². The quantitative estimate of drug-likeness (QED) is 0.890. The van der Waals surface area contributed by atoms with Crippen molar-refractivity contribution in [2.24, 2.45) is 0 Å². The maximum absolute atomic E-state index is 11.7. The van der Waals surface area contributed by atoms with Crippen molar-refractivity contribution in [3.05, 3.63) is 40.2 Å². The lowest BCUT2D eigenvalue weighted by Crippen LogP contribution is -2.25. The molecule has 2 aromatic rings. The van der Waals surface area contributed by atoms with Gasteiger partial charge in [0.15, 0.2) is 0 Å². The van der Waals surface area contributed by atoms with Crippen LogP contribution >= 0.6 is 11.3 Å². The van der Waals surface area contributed by atoms with E-state index < -0.39 is 0 Å². The van der Waals surface area contributed by atoms with Gasteiger partial charge in [-0.2, -0.15) is 0 Å². The van der Waals surface area contributed by atoms with Crippen molar-refractivity contribution >= 4 is 17.2 Å². The molecule has 0 unspecified atom stereocenters. The summed E-state index contributed by atoms with van der Waals surface area (Å²) >= 11 is 1.66. The molecule has 21 heavy (non-hydrogen) atoms. The largest absolute Gasteiger partial charge is 0.469 e. The van der Waals surface area contributed by atoms with Crippen LogP contribution in [0.4, 0.5) is 0 Å². The predicted molar refractivity (Wildman–Crippen MR) is 84.6 cm³/mol. The van der Waals surface area contributed by atoms with E-state index in [2.05, 4.69) is 36.5 Å². The third-order valence-electron chi connectivity index (χ3n) is 3.16. The van der Waals surface area contributed by atoms with Gasteiger partial charge in [0.05, 0.1) is 17.0 Å². The molecule has 0 aliphatic rings. The minimum atomic E-state index is 0.0546. The summed E-state index contributed by atoms with van der Waals surface area (Å²) in [6.07, 6.45) is 3.51. The van der Waals surface area contributed by atoms with E-state index in [1.165, 1.54) is 0 Å². The normalized spacial score (nSPS) is 11.6. The number of carbonyl (C=O) groups excluding carboxylic acids is 1. The standard InChI is InChI=1S/C16H22N2O2S/c1-16(2,3)13-11-21-15(18-13)8-9-17-14(19)7-6-12-5-4-10-20-12/h4-5,10-11H,6-9H2,1-3H3,(H,17,19). The van der Waals surface area contributed by atoms with Crippen LogP contribution in [0.2, 0.25) is 0 Å². The fraction of sp³-hybridized carbons (Fsp3) is 0.500. The minimum Gasteiger partial charge on any atom is -0.469 e. The van der Waals surface area contributed by atoms with Gasteiger partial charge < -0.3 is 9.73 Å². The van der Waals surface area contributed by atoms with Gasteiger partial charge in [-0.25, -0.2) is 4.98 Å². The molecular formula is C16H22N2O2S. The zero-order valence-corrected chi connectivity index (χ0v) is 13.6. The van der Waals surface area contributed by atoms with Crippen LogP contribution in [0, 0.1) is 0 Å². The Balaban J connectivity index is 1.69. The molecule has 5 heteroatoms. The first-order valence-corrected chi connectivity index (χ1v) is 8.07. The Kier molecular flexibility index (Phi) is 5.17. The first-order valence-electron chi connectivity index (χ1n) is 7.19. The first-order chi connectivity index (χ1) is 9.95. The molecule has 2 rings (SSSR count). The van der Waals surface area contributed by atoms with Gasteiger partial charge >= 0.3 is 0 Å². The Hall–Kier alpha value is -1.62. The van der Waals surface area contributed by atoms with Crippen LogP contribution in [0.3, 0.4) is 0 Å². The second-order valence-electron chi connectivity index (χ2n) is 6.06. The fourth-order valence-electron chi connectivity index (χ4n) is 1.86. The number of nitrogens with zero attached hydrogens (tertiary/aromatic N) is 1. The van der Waals surface area contributed by atoms with E-state index in [-0.39, 0.29) is 11.3 Å². The molecule has 0 bridgehead atoms. The van der Waals surface area contributed by atoms with E-state index >= 15 is 0 Å². The van der Waals surface area contributed by atoms with Gasteiger partial charge in [0, 0.05) is 36.6 Å². The number of hydrogen-bond donors (Lipinski definition) is 1. The average molecular weight is 306 g/mol. The molecule has 4 nitrogen and oxygen atoms in total. The summed E-state index contributed by atoms with van der Waals surface area (Å²) in [7, 11) is 0. The highest BCUT2D eigenvalue weighted by molar-refractivity contribution is 7.09. The molecule has 1 amide bonds. The number of hydrogen-bond acceptors (Lipinski definition) is 4. The minimum absolute atomic E-state index is 0.0546. The van der Waals surface area contributed by atoms with E-state index in [1.807, 2.05) is 12.1 Å². The molecule has 0 aromatic carbocycles. The highest BCUT2D eigenvalue weighted by atomic mass is 32.1. The molecule has 0 saturated carbocycles. The molecule has 0 radical (unpaired) electrons. The molecule has 0 aliphatic carbocycles. The van der Waals surface area contributed by atoms with Crippen molar-refractivity contribution in [2.45, 2.75) is 45.4 Å². The lowest BCUT2D eigenvalue weighted by molar-refractivity contribution is -0.121. The number of furan rings is 1. The SMILES string of the molecule is CC(C)(C)c1csc(CCNC(=O)CCc2ccco2)n1. The second kappa shape index (κ2) is 6.89. The third kappa shape index (κ3) is 5.01. The Morgan fingerprint density at radius 3 is 2.81 bits per heavy atom. The Bertz CT molecular complexity index is 567. The predicted octanol–water partition coefficient (Wildman–Crippen LogP) is 3.33. The van der Waals surface area contributed by atoms with E-state index in [1.54, 1.807) is 17.6 Å². The molecule has 114 valence electrons. The van der Waals surface area contributed by atoms with Crippen LogP contribution in [0.5, 0.6) is 0 Å². The highest BCUT2D eigenvalue weighted by Crippen LogP contribution is 2.23. The van der Waals surface area contributed by atoms with Crippen molar-refractivity contribution < 1.29 is 9.21 Å². The molecule has 0 aliphatic heterocycles. The van der Waals surface area contributed by atoms with Gasteiger partial charge in [-0.05, 0) is 12.1 Å². The summed E-state index contributed by atoms with van der Waals surface area (Å²) in [5, 5.41) is 6.11. The number of rotatable bonds is 6.